The number of hydrogen-bond acceptors (Lipinski definition) is 5. The molecule has 0 bridgehead atoms. The van der Waals surface area contributed by atoms with Gasteiger partial charge in [0.1, 0.15) is 12.1 Å². The summed E-state index contributed by atoms with van der Waals surface area (Å²) in [5.41, 5.74) is 5.89. The Morgan fingerprint density at radius 3 is 2.86 bits per heavy atom. The summed E-state index contributed by atoms with van der Waals surface area (Å²) >= 11 is 1.44. The van der Waals surface area contributed by atoms with Gasteiger partial charge in [0.2, 0.25) is 17.7 Å². The topological polar surface area (TPSA) is 95.7 Å². The van der Waals surface area contributed by atoms with E-state index in [2.05, 4.69) is 5.32 Å². The maximum atomic E-state index is 12.6. The number of nitrogens with zero attached hydrogens (tertiary/aromatic N) is 2. The molecule has 0 saturated carbocycles. The Morgan fingerprint density at radius 1 is 1.38 bits per heavy atom. The molecule has 3 fully saturated rings. The lowest BCUT2D eigenvalue weighted by molar-refractivity contribution is -0.157. The average molecular weight is 312 g/mol. The third-order valence-corrected chi connectivity index (χ3v) is 5.01. The Morgan fingerprint density at radius 2 is 2.14 bits per heavy atom. The van der Waals surface area contributed by atoms with Gasteiger partial charge < -0.3 is 20.9 Å². The van der Waals surface area contributed by atoms with Crippen LogP contribution in [-0.4, -0.2) is 76.8 Å². The van der Waals surface area contributed by atoms with E-state index in [1.54, 1.807) is 9.80 Å². The van der Waals surface area contributed by atoms with E-state index >= 15 is 0 Å². The van der Waals surface area contributed by atoms with E-state index in [9.17, 15) is 14.4 Å². The molecule has 3 aliphatic heterocycles. The first-order valence-corrected chi connectivity index (χ1v) is 8.57. The molecule has 0 aromatic carbocycles. The lowest BCUT2D eigenvalue weighted by Gasteiger charge is -2.40. The van der Waals surface area contributed by atoms with E-state index in [-0.39, 0.29) is 29.8 Å². The van der Waals surface area contributed by atoms with Gasteiger partial charge in [-0.05, 0) is 19.1 Å². The number of piperazine rings is 1. The highest BCUT2D eigenvalue weighted by atomic mass is 32.2. The van der Waals surface area contributed by atoms with Crippen molar-refractivity contribution < 1.29 is 14.4 Å². The van der Waals surface area contributed by atoms with Crippen LogP contribution in [0.15, 0.2) is 0 Å². The van der Waals surface area contributed by atoms with Crippen molar-refractivity contribution >= 4 is 29.5 Å². The van der Waals surface area contributed by atoms with Crippen molar-refractivity contribution in [3.8, 4) is 0 Å². The van der Waals surface area contributed by atoms with E-state index < -0.39 is 12.1 Å². The van der Waals surface area contributed by atoms with Gasteiger partial charge in [0.25, 0.3) is 0 Å². The van der Waals surface area contributed by atoms with E-state index in [0.29, 0.717) is 31.7 Å². The van der Waals surface area contributed by atoms with Crippen LogP contribution >= 0.6 is 11.8 Å². The van der Waals surface area contributed by atoms with Crippen LogP contribution in [0.25, 0.3) is 0 Å². The molecule has 3 aliphatic rings. The first-order chi connectivity index (χ1) is 10.0. The predicted molar refractivity (Wildman–Crippen MR) is 78.5 cm³/mol. The molecule has 3 saturated heterocycles. The summed E-state index contributed by atoms with van der Waals surface area (Å²) in [5.74, 6) is 0.186. The molecule has 4 unspecified atom stereocenters. The summed E-state index contributed by atoms with van der Waals surface area (Å²) in [5, 5.41) is 2.89. The number of hydrogen-bond donors (Lipinski definition) is 2. The summed E-state index contributed by atoms with van der Waals surface area (Å²) < 4.78 is 0. The summed E-state index contributed by atoms with van der Waals surface area (Å²) in [6.45, 7) is 0.962. The van der Waals surface area contributed by atoms with E-state index in [1.165, 1.54) is 11.8 Å². The van der Waals surface area contributed by atoms with Gasteiger partial charge in [-0.1, -0.05) is 0 Å². The lowest BCUT2D eigenvalue weighted by Crippen LogP contribution is -2.64. The molecule has 0 spiro atoms. The number of amides is 3. The van der Waals surface area contributed by atoms with Crippen molar-refractivity contribution in [2.75, 3.05) is 25.1 Å². The molecule has 0 aromatic heterocycles. The van der Waals surface area contributed by atoms with Gasteiger partial charge >= 0.3 is 0 Å². The highest BCUT2D eigenvalue weighted by Gasteiger charge is 2.54. The van der Waals surface area contributed by atoms with Crippen LogP contribution in [0, 0.1) is 0 Å². The maximum absolute atomic E-state index is 12.6. The zero-order chi connectivity index (χ0) is 15.1. The monoisotopic (exact) mass is 312 g/mol. The molecule has 3 amide bonds. The lowest BCUT2D eigenvalue weighted by atomic mass is 10.0. The number of thioether (sulfide) groups is 1. The quantitative estimate of drug-likeness (QED) is 0.653. The van der Waals surface area contributed by atoms with Crippen LogP contribution in [0.2, 0.25) is 0 Å². The third kappa shape index (κ3) is 2.40. The van der Waals surface area contributed by atoms with Crippen LogP contribution in [-0.2, 0) is 14.4 Å². The van der Waals surface area contributed by atoms with Crippen molar-refractivity contribution in [3.63, 3.8) is 0 Å². The van der Waals surface area contributed by atoms with Gasteiger partial charge in [0, 0.05) is 19.1 Å². The zero-order valence-electron chi connectivity index (χ0n) is 11.9. The number of nitrogens with two attached hydrogens (primary N) is 1. The van der Waals surface area contributed by atoms with E-state index in [4.69, 9.17) is 5.73 Å². The molecular weight excluding hydrogens is 292 g/mol. The van der Waals surface area contributed by atoms with E-state index in [0.717, 1.165) is 0 Å². The number of carbonyl (C=O) groups is 3. The van der Waals surface area contributed by atoms with Crippen LogP contribution in [0.5, 0.6) is 0 Å². The fourth-order valence-electron chi connectivity index (χ4n) is 3.58. The molecule has 8 heteroatoms. The smallest absolute Gasteiger partial charge is 0.248 e. The second-order valence-corrected chi connectivity index (χ2v) is 6.74. The second-order valence-electron chi connectivity index (χ2n) is 5.87. The van der Waals surface area contributed by atoms with Gasteiger partial charge in [-0.2, -0.15) is 11.8 Å². The highest BCUT2D eigenvalue weighted by molar-refractivity contribution is 7.99. The molecule has 0 aromatic rings. The second kappa shape index (κ2) is 5.49. The summed E-state index contributed by atoms with van der Waals surface area (Å²) in [6.07, 6.45) is 3.03. The molecule has 7 nitrogen and oxygen atoms in total. The Hall–Kier alpha value is -1.28. The fraction of sp³-hybridized carbons (Fsp3) is 0.769. The minimum absolute atomic E-state index is 0.0193. The van der Waals surface area contributed by atoms with Gasteiger partial charge in [-0.15, -0.1) is 0 Å². The molecule has 0 radical (unpaired) electrons. The van der Waals surface area contributed by atoms with Crippen LogP contribution in [0.1, 0.15) is 12.8 Å². The molecule has 3 N–H and O–H groups in total. The highest BCUT2D eigenvalue weighted by Crippen LogP contribution is 2.32. The first-order valence-electron chi connectivity index (χ1n) is 7.17. The van der Waals surface area contributed by atoms with Gasteiger partial charge in [-0.3, -0.25) is 14.4 Å². The number of fused-ring (bicyclic) bond motifs is 2. The van der Waals surface area contributed by atoms with Crippen LogP contribution < -0.4 is 11.1 Å². The van der Waals surface area contributed by atoms with Crippen LogP contribution in [0.3, 0.4) is 0 Å². The first kappa shape index (κ1) is 14.6. The Kier molecular flexibility index (Phi) is 3.83. The fourth-order valence-corrected chi connectivity index (χ4v) is 3.93. The van der Waals surface area contributed by atoms with Gasteiger partial charge in [-0.25, -0.2) is 0 Å². The number of nitrogens with one attached hydrogen (secondary N) is 1. The standard InChI is InChI=1S/C13H20N4O3S/c1-21-6-10(18)15-8-2-3-16-11(8)13(20)17-5-7(14)4-9(17)12(16)19/h7-9,11H,2-6,14H2,1H3,(H,15,18). The van der Waals surface area contributed by atoms with E-state index in [1.807, 2.05) is 6.26 Å². The normalized spacial score (nSPS) is 35.0. The molecule has 116 valence electrons. The molecule has 0 aliphatic carbocycles. The molecular formula is C13H20N4O3S. The Labute approximate surface area is 127 Å². The molecule has 21 heavy (non-hydrogen) atoms. The Balaban J connectivity index is 1.77. The molecule has 3 rings (SSSR count). The van der Waals surface area contributed by atoms with Crippen molar-refractivity contribution in [1.82, 2.24) is 15.1 Å². The Bertz CT molecular complexity index is 486. The van der Waals surface area contributed by atoms with Crippen molar-refractivity contribution in [3.05, 3.63) is 0 Å². The van der Waals surface area contributed by atoms with Crippen molar-refractivity contribution in [2.45, 2.75) is 37.0 Å². The SMILES string of the molecule is CSCC(=O)NC1CCN2C(=O)C3CC(N)CN3C(=O)C12. The van der Waals surface area contributed by atoms with Crippen molar-refractivity contribution in [2.24, 2.45) is 5.73 Å². The minimum atomic E-state index is -0.551. The number of carbonyl (C=O) groups excluding carboxylic acids is 3. The van der Waals surface area contributed by atoms with Crippen LogP contribution in [0.4, 0.5) is 0 Å². The summed E-state index contributed by atoms with van der Waals surface area (Å²) in [6, 6.07) is -1.36. The summed E-state index contributed by atoms with van der Waals surface area (Å²) in [7, 11) is 0. The minimum Gasteiger partial charge on any atom is -0.350 e. The summed E-state index contributed by atoms with van der Waals surface area (Å²) in [4.78, 5) is 40.1. The average Bonchev–Trinajstić information content (AvgIpc) is 3.01. The third-order valence-electron chi connectivity index (χ3n) is 4.46. The number of rotatable bonds is 3. The van der Waals surface area contributed by atoms with Gasteiger partial charge in [0.05, 0.1) is 11.8 Å². The molecule has 3 heterocycles. The zero-order valence-corrected chi connectivity index (χ0v) is 12.8. The van der Waals surface area contributed by atoms with Gasteiger partial charge in [0.15, 0.2) is 0 Å². The molecule has 4 atom stereocenters. The largest absolute Gasteiger partial charge is 0.350 e. The maximum Gasteiger partial charge on any atom is 0.248 e. The van der Waals surface area contributed by atoms with Crippen molar-refractivity contribution in [1.29, 1.82) is 0 Å². The predicted octanol–water partition coefficient (Wildman–Crippen LogP) is -1.62.